The van der Waals surface area contributed by atoms with Crippen molar-refractivity contribution in [3.8, 4) is 11.5 Å². The highest BCUT2D eigenvalue weighted by Crippen LogP contribution is 2.30. The summed E-state index contributed by atoms with van der Waals surface area (Å²) in [5.74, 6) is 1.41. The summed E-state index contributed by atoms with van der Waals surface area (Å²) in [5.41, 5.74) is 7.98. The number of nitrogens with two attached hydrogens (primary N) is 1. The Bertz CT molecular complexity index is 501. The minimum Gasteiger partial charge on any atom is -0.493 e. The van der Waals surface area contributed by atoms with Crippen LogP contribution in [-0.2, 0) is 11.3 Å². The Balaban J connectivity index is 2.95. The molecule has 0 aliphatic carbocycles. The van der Waals surface area contributed by atoms with Crippen LogP contribution in [0.2, 0.25) is 0 Å². The number of aryl methyl sites for hydroxylation is 1. The molecular weight excluding hydrogens is 268 g/mol. The molecule has 1 amide bonds. The van der Waals surface area contributed by atoms with Crippen LogP contribution in [0.15, 0.2) is 12.1 Å². The van der Waals surface area contributed by atoms with Gasteiger partial charge in [-0.2, -0.15) is 0 Å². The van der Waals surface area contributed by atoms with Crippen molar-refractivity contribution in [3.05, 3.63) is 23.3 Å². The molecule has 0 aliphatic rings. The Morgan fingerprint density at radius 1 is 1.24 bits per heavy atom. The predicted octanol–water partition coefficient (Wildman–Crippen LogP) is 1.95. The Hall–Kier alpha value is -1.75. The molecule has 0 saturated heterocycles. The molecule has 5 heteroatoms. The van der Waals surface area contributed by atoms with Crippen molar-refractivity contribution in [2.45, 2.75) is 33.4 Å². The summed E-state index contributed by atoms with van der Waals surface area (Å²) in [5, 5.41) is 0. The molecule has 118 valence electrons. The molecule has 21 heavy (non-hydrogen) atoms. The van der Waals surface area contributed by atoms with Crippen molar-refractivity contribution in [2.75, 3.05) is 21.3 Å². The minimum atomic E-state index is -0.476. The summed E-state index contributed by atoms with van der Waals surface area (Å²) >= 11 is 0. The van der Waals surface area contributed by atoms with Crippen LogP contribution in [0.5, 0.6) is 11.5 Å². The van der Waals surface area contributed by atoms with Gasteiger partial charge in [0.05, 0.1) is 20.3 Å². The molecule has 0 fully saturated rings. The maximum atomic E-state index is 12.2. The van der Waals surface area contributed by atoms with Crippen LogP contribution in [0.3, 0.4) is 0 Å². The fourth-order valence-electron chi connectivity index (χ4n) is 2.07. The third kappa shape index (κ3) is 4.11. The highest BCUT2D eigenvalue weighted by molar-refractivity contribution is 5.81. The van der Waals surface area contributed by atoms with Gasteiger partial charge in [0.1, 0.15) is 0 Å². The highest BCUT2D eigenvalue weighted by Gasteiger charge is 2.22. The first-order chi connectivity index (χ1) is 9.81. The lowest BCUT2D eigenvalue weighted by Crippen LogP contribution is -2.44. The quantitative estimate of drug-likeness (QED) is 0.871. The molecule has 2 N–H and O–H groups in total. The molecule has 5 nitrogen and oxygen atoms in total. The number of likely N-dealkylation sites (N-methyl/N-ethyl adjacent to an activating group) is 1. The monoisotopic (exact) mass is 294 g/mol. The van der Waals surface area contributed by atoms with Crippen LogP contribution in [-0.4, -0.2) is 38.1 Å². The SMILES string of the molecule is COc1cc(C)c(CN(C)C(=O)[C@@H](N)C(C)C)cc1OC. The first-order valence-corrected chi connectivity index (χ1v) is 7.03. The van der Waals surface area contributed by atoms with Crippen LogP contribution in [0.4, 0.5) is 0 Å². The maximum absolute atomic E-state index is 12.2. The standard InChI is InChI=1S/C16H26N2O3/c1-10(2)15(17)16(19)18(4)9-12-8-14(21-6)13(20-5)7-11(12)3/h7-8,10,15H,9,17H2,1-6H3/t15-/m0/s1. The average molecular weight is 294 g/mol. The zero-order valence-electron chi connectivity index (χ0n) is 13.8. The summed E-state index contributed by atoms with van der Waals surface area (Å²) in [6.07, 6.45) is 0. The lowest BCUT2D eigenvalue weighted by atomic mass is 10.0. The first kappa shape index (κ1) is 17.3. The van der Waals surface area contributed by atoms with Crippen LogP contribution < -0.4 is 15.2 Å². The second kappa shape index (κ2) is 7.31. The van der Waals surface area contributed by atoms with Gasteiger partial charge in [-0.1, -0.05) is 13.8 Å². The number of carbonyl (C=O) groups excluding carboxylic acids is 1. The van der Waals surface area contributed by atoms with Crippen molar-refractivity contribution in [1.82, 2.24) is 4.90 Å². The molecule has 0 spiro atoms. The van der Waals surface area contributed by atoms with Gasteiger partial charge in [0.15, 0.2) is 11.5 Å². The fourth-order valence-corrected chi connectivity index (χ4v) is 2.07. The Kier molecular flexibility index (Phi) is 6.03. The van der Waals surface area contributed by atoms with E-state index in [0.29, 0.717) is 18.0 Å². The van der Waals surface area contributed by atoms with Gasteiger partial charge in [-0.15, -0.1) is 0 Å². The molecule has 0 bridgehead atoms. The highest BCUT2D eigenvalue weighted by atomic mass is 16.5. The number of carbonyl (C=O) groups is 1. The number of amides is 1. The number of benzene rings is 1. The van der Waals surface area contributed by atoms with Gasteiger partial charge in [-0.3, -0.25) is 4.79 Å². The molecule has 1 aromatic rings. The van der Waals surface area contributed by atoms with Crippen LogP contribution >= 0.6 is 0 Å². The van der Waals surface area contributed by atoms with Gasteiger partial charge in [-0.05, 0) is 36.1 Å². The van der Waals surface area contributed by atoms with Crippen molar-refractivity contribution >= 4 is 5.91 Å². The zero-order valence-corrected chi connectivity index (χ0v) is 13.8. The molecule has 0 radical (unpaired) electrons. The summed E-state index contributed by atoms with van der Waals surface area (Å²) in [6.45, 7) is 6.36. The number of hydrogen-bond acceptors (Lipinski definition) is 4. The maximum Gasteiger partial charge on any atom is 0.239 e. The van der Waals surface area contributed by atoms with Crippen molar-refractivity contribution in [1.29, 1.82) is 0 Å². The van der Waals surface area contributed by atoms with E-state index in [1.807, 2.05) is 32.9 Å². The topological polar surface area (TPSA) is 64.8 Å². The lowest BCUT2D eigenvalue weighted by molar-refractivity contribution is -0.132. The Morgan fingerprint density at radius 3 is 2.24 bits per heavy atom. The van der Waals surface area contributed by atoms with Crippen LogP contribution in [0.25, 0.3) is 0 Å². The van der Waals surface area contributed by atoms with Crippen LogP contribution in [0.1, 0.15) is 25.0 Å². The largest absolute Gasteiger partial charge is 0.493 e. The van der Waals surface area contributed by atoms with E-state index in [2.05, 4.69) is 0 Å². The number of ether oxygens (including phenoxy) is 2. The van der Waals surface area contributed by atoms with E-state index >= 15 is 0 Å². The van der Waals surface area contributed by atoms with Crippen LogP contribution in [0, 0.1) is 12.8 Å². The van der Waals surface area contributed by atoms with Gasteiger partial charge in [0.25, 0.3) is 0 Å². The minimum absolute atomic E-state index is 0.0563. The van der Waals surface area contributed by atoms with E-state index in [4.69, 9.17) is 15.2 Å². The molecule has 0 heterocycles. The smallest absolute Gasteiger partial charge is 0.239 e. The summed E-state index contributed by atoms with van der Waals surface area (Å²) in [6, 6.07) is 3.34. The molecule has 0 saturated carbocycles. The lowest BCUT2D eigenvalue weighted by Gasteiger charge is -2.24. The van der Waals surface area contributed by atoms with Crippen molar-refractivity contribution < 1.29 is 14.3 Å². The molecule has 0 unspecified atom stereocenters. The van der Waals surface area contributed by atoms with E-state index < -0.39 is 6.04 Å². The molecule has 0 aromatic heterocycles. The summed E-state index contributed by atoms with van der Waals surface area (Å²) < 4.78 is 10.6. The predicted molar refractivity (Wildman–Crippen MR) is 83.6 cm³/mol. The first-order valence-electron chi connectivity index (χ1n) is 7.03. The molecule has 1 aromatic carbocycles. The Labute approximate surface area is 127 Å². The van der Waals surface area contributed by atoms with E-state index in [-0.39, 0.29) is 11.8 Å². The van der Waals surface area contributed by atoms with Gasteiger partial charge in [-0.25, -0.2) is 0 Å². The van der Waals surface area contributed by atoms with E-state index in [0.717, 1.165) is 11.1 Å². The second-order valence-electron chi connectivity index (χ2n) is 5.60. The van der Waals surface area contributed by atoms with E-state index in [9.17, 15) is 4.79 Å². The van der Waals surface area contributed by atoms with Gasteiger partial charge < -0.3 is 20.1 Å². The van der Waals surface area contributed by atoms with Gasteiger partial charge >= 0.3 is 0 Å². The van der Waals surface area contributed by atoms with Crippen molar-refractivity contribution in [3.63, 3.8) is 0 Å². The second-order valence-corrected chi connectivity index (χ2v) is 5.60. The number of nitrogens with zero attached hydrogens (tertiary/aromatic N) is 1. The zero-order chi connectivity index (χ0) is 16.2. The Morgan fingerprint density at radius 2 is 1.76 bits per heavy atom. The normalized spacial score (nSPS) is 12.2. The van der Waals surface area contributed by atoms with E-state index in [1.54, 1.807) is 26.2 Å². The van der Waals surface area contributed by atoms with Gasteiger partial charge in [0.2, 0.25) is 5.91 Å². The molecular formula is C16H26N2O3. The van der Waals surface area contributed by atoms with Gasteiger partial charge in [0, 0.05) is 13.6 Å². The third-order valence-electron chi connectivity index (χ3n) is 3.63. The van der Waals surface area contributed by atoms with E-state index in [1.165, 1.54) is 0 Å². The summed E-state index contributed by atoms with van der Waals surface area (Å²) in [7, 11) is 4.97. The number of methoxy groups -OCH3 is 2. The molecule has 1 rings (SSSR count). The third-order valence-corrected chi connectivity index (χ3v) is 3.63. The fraction of sp³-hybridized carbons (Fsp3) is 0.562. The number of hydrogen-bond donors (Lipinski definition) is 1. The average Bonchev–Trinajstić information content (AvgIpc) is 2.46. The molecule has 1 atom stereocenters. The van der Waals surface area contributed by atoms with Crippen molar-refractivity contribution in [2.24, 2.45) is 11.7 Å². The molecule has 0 aliphatic heterocycles. The number of rotatable bonds is 6. The summed E-state index contributed by atoms with van der Waals surface area (Å²) in [4.78, 5) is 13.9.